The molecule has 25 heavy (non-hydrogen) atoms. The lowest BCUT2D eigenvalue weighted by molar-refractivity contribution is -0.0845. The van der Waals surface area contributed by atoms with E-state index in [1.54, 1.807) is 0 Å². The van der Waals surface area contributed by atoms with Crippen LogP contribution in [0.4, 0.5) is 4.39 Å². The maximum atomic E-state index is 12.9. The summed E-state index contributed by atoms with van der Waals surface area (Å²) in [4.78, 5) is 0. The maximum absolute atomic E-state index is 12.9. The maximum Gasteiger partial charge on any atom is 0.0894 e. The molecule has 0 bridgehead atoms. The quantitative estimate of drug-likeness (QED) is 0.530. The lowest BCUT2D eigenvalue weighted by Crippen LogP contribution is -2.50. The second-order valence-electron chi connectivity index (χ2n) is 11.3. The number of halogens is 1. The van der Waals surface area contributed by atoms with Crippen molar-refractivity contribution in [1.29, 1.82) is 0 Å². The van der Waals surface area contributed by atoms with Crippen LogP contribution in [0.3, 0.4) is 0 Å². The van der Waals surface area contributed by atoms with Crippen molar-refractivity contribution in [3.8, 4) is 0 Å². The van der Waals surface area contributed by atoms with Crippen LogP contribution >= 0.6 is 0 Å². The first-order valence-corrected chi connectivity index (χ1v) is 11.6. The van der Waals surface area contributed by atoms with E-state index >= 15 is 0 Å². The van der Waals surface area contributed by atoms with Crippen molar-refractivity contribution >= 4 is 0 Å². The fraction of sp³-hybridized carbons (Fsp3) is 1.00. The molecule has 5 saturated carbocycles. The van der Waals surface area contributed by atoms with E-state index < -0.39 is 0 Å². The van der Waals surface area contributed by atoms with Crippen molar-refractivity contribution in [2.75, 3.05) is 6.67 Å². The van der Waals surface area contributed by atoms with Crippen molar-refractivity contribution in [2.24, 2.45) is 64.6 Å². The van der Waals surface area contributed by atoms with E-state index in [0.29, 0.717) is 5.41 Å². The zero-order valence-corrected chi connectivity index (χ0v) is 16.7. The number of fused-ring (bicyclic) bond motifs is 7. The van der Waals surface area contributed by atoms with E-state index in [1.165, 1.54) is 51.4 Å². The van der Waals surface area contributed by atoms with Crippen molar-refractivity contribution in [2.45, 2.75) is 78.6 Å². The molecule has 0 aliphatic heterocycles. The zero-order valence-electron chi connectivity index (χ0n) is 16.7. The Balaban J connectivity index is 1.40. The van der Waals surface area contributed by atoms with E-state index in [4.69, 9.17) is 0 Å². The second-order valence-corrected chi connectivity index (χ2v) is 11.3. The molecular formula is C24H39F. The molecule has 0 N–H and O–H groups in total. The van der Waals surface area contributed by atoms with Gasteiger partial charge in [-0.25, -0.2) is 0 Å². The molecule has 0 heterocycles. The van der Waals surface area contributed by atoms with Crippen LogP contribution in [0.5, 0.6) is 0 Å². The number of hydrogen-bond donors (Lipinski definition) is 0. The van der Waals surface area contributed by atoms with Crippen molar-refractivity contribution in [3.05, 3.63) is 0 Å². The number of rotatable bonds is 3. The number of alkyl halides is 1. The van der Waals surface area contributed by atoms with Gasteiger partial charge in [-0.05, 0) is 116 Å². The molecule has 5 rings (SSSR count). The fourth-order valence-corrected chi connectivity index (χ4v) is 9.51. The molecular weight excluding hydrogens is 307 g/mol. The van der Waals surface area contributed by atoms with Gasteiger partial charge in [0.1, 0.15) is 0 Å². The molecule has 11 atom stereocenters. The highest BCUT2D eigenvalue weighted by Crippen LogP contribution is 2.77. The van der Waals surface area contributed by atoms with Crippen molar-refractivity contribution in [3.63, 3.8) is 0 Å². The lowest BCUT2D eigenvalue weighted by atomic mass is 9.48. The van der Waals surface area contributed by atoms with Gasteiger partial charge in [-0.2, -0.15) is 0 Å². The molecule has 6 unspecified atom stereocenters. The molecule has 0 aromatic rings. The molecule has 0 spiro atoms. The Hall–Kier alpha value is -0.0700. The minimum Gasteiger partial charge on any atom is -0.251 e. The van der Waals surface area contributed by atoms with Gasteiger partial charge in [0.2, 0.25) is 0 Å². The van der Waals surface area contributed by atoms with E-state index in [0.717, 1.165) is 65.6 Å². The fourth-order valence-electron chi connectivity index (χ4n) is 9.51. The summed E-state index contributed by atoms with van der Waals surface area (Å²) in [7, 11) is 0. The highest BCUT2D eigenvalue weighted by Gasteiger charge is 2.71. The van der Waals surface area contributed by atoms with Crippen LogP contribution in [0, 0.1) is 64.6 Å². The molecule has 0 radical (unpaired) electrons. The minimum atomic E-state index is -0.100. The summed E-state index contributed by atoms with van der Waals surface area (Å²) in [5, 5.41) is 0. The van der Waals surface area contributed by atoms with Crippen LogP contribution < -0.4 is 0 Å². The monoisotopic (exact) mass is 346 g/mol. The van der Waals surface area contributed by atoms with E-state index in [2.05, 4.69) is 20.8 Å². The third-order valence-corrected chi connectivity index (χ3v) is 10.4. The van der Waals surface area contributed by atoms with Crippen LogP contribution in [-0.4, -0.2) is 6.67 Å². The Labute approximate surface area is 154 Å². The Morgan fingerprint density at radius 2 is 1.72 bits per heavy atom. The highest BCUT2D eigenvalue weighted by atomic mass is 19.1. The predicted octanol–water partition coefficient (Wildman–Crippen LogP) is 6.74. The molecule has 5 aliphatic carbocycles. The Morgan fingerprint density at radius 3 is 2.52 bits per heavy atom. The molecule has 0 aromatic heterocycles. The molecule has 0 amide bonds. The van der Waals surface area contributed by atoms with Gasteiger partial charge in [0.15, 0.2) is 0 Å². The summed E-state index contributed by atoms with van der Waals surface area (Å²) in [5.74, 6) is 9.96. The van der Waals surface area contributed by atoms with Gasteiger partial charge < -0.3 is 0 Å². The van der Waals surface area contributed by atoms with Gasteiger partial charge in [0.25, 0.3) is 0 Å². The average Bonchev–Trinajstić information content (AvgIpc) is 3.14. The smallest absolute Gasteiger partial charge is 0.0894 e. The van der Waals surface area contributed by atoms with E-state index in [-0.39, 0.29) is 6.67 Å². The summed E-state index contributed by atoms with van der Waals surface area (Å²) in [5.41, 5.74) is 0.562. The number of hydrogen-bond acceptors (Lipinski definition) is 0. The molecule has 5 aliphatic rings. The molecule has 5 fully saturated rings. The molecule has 0 saturated heterocycles. The Morgan fingerprint density at radius 1 is 0.920 bits per heavy atom. The third-order valence-electron chi connectivity index (χ3n) is 10.4. The minimum absolute atomic E-state index is 0.100. The van der Waals surface area contributed by atoms with Crippen LogP contribution in [-0.2, 0) is 0 Å². The van der Waals surface area contributed by atoms with Crippen LogP contribution in [0.25, 0.3) is 0 Å². The largest absolute Gasteiger partial charge is 0.251 e. The normalized spacial score (nSPS) is 59.5. The lowest BCUT2D eigenvalue weighted by Gasteiger charge is -2.57. The van der Waals surface area contributed by atoms with Crippen molar-refractivity contribution < 1.29 is 4.39 Å². The average molecular weight is 347 g/mol. The summed E-state index contributed by atoms with van der Waals surface area (Å²) >= 11 is 0. The van der Waals surface area contributed by atoms with Crippen LogP contribution in [0.1, 0.15) is 78.6 Å². The topological polar surface area (TPSA) is 0 Å². The van der Waals surface area contributed by atoms with E-state index in [9.17, 15) is 4.39 Å². The zero-order chi connectivity index (χ0) is 17.3. The summed E-state index contributed by atoms with van der Waals surface area (Å²) < 4.78 is 12.9. The first kappa shape index (κ1) is 17.1. The predicted molar refractivity (Wildman–Crippen MR) is 102 cm³/mol. The molecule has 142 valence electrons. The Kier molecular flexibility index (Phi) is 4.07. The van der Waals surface area contributed by atoms with Gasteiger partial charge in [-0.15, -0.1) is 0 Å². The summed E-state index contributed by atoms with van der Waals surface area (Å²) in [6.45, 7) is 7.56. The van der Waals surface area contributed by atoms with Gasteiger partial charge >= 0.3 is 0 Å². The first-order chi connectivity index (χ1) is 12.1. The highest BCUT2D eigenvalue weighted by molar-refractivity contribution is 5.19. The van der Waals surface area contributed by atoms with Gasteiger partial charge in [-0.3, -0.25) is 4.39 Å². The van der Waals surface area contributed by atoms with E-state index in [1.807, 2.05) is 0 Å². The van der Waals surface area contributed by atoms with Gasteiger partial charge in [-0.1, -0.05) is 27.2 Å². The van der Waals surface area contributed by atoms with Crippen molar-refractivity contribution in [1.82, 2.24) is 0 Å². The molecule has 0 aromatic carbocycles. The van der Waals surface area contributed by atoms with Crippen LogP contribution in [0.2, 0.25) is 0 Å². The molecule has 0 nitrogen and oxygen atoms in total. The Bertz CT molecular complexity index is 514. The van der Waals surface area contributed by atoms with Crippen LogP contribution in [0.15, 0.2) is 0 Å². The standard InChI is InChI=1S/C24H39F/c1-14-6-8-17-16(13-14)7-9-19-18(17)10-11-24(3)20(5-4-12-25)21-15(2)22(21)23(19)24/h14-23H,4-13H2,1-3H3/t14?,15-,16-,17+,18?,19-,20?,21?,22?,23?,24-/m1/s1. The van der Waals surface area contributed by atoms with Gasteiger partial charge in [0, 0.05) is 0 Å². The third kappa shape index (κ3) is 2.35. The summed E-state index contributed by atoms with van der Waals surface area (Å²) in [6, 6.07) is 0. The summed E-state index contributed by atoms with van der Waals surface area (Å²) in [6.07, 6.45) is 12.6. The second kappa shape index (κ2) is 5.96. The first-order valence-electron chi connectivity index (χ1n) is 11.6. The molecule has 1 heteroatoms. The SMILES string of the molecule is CC1CC[C@@H]2C3CC[C@]4(C)C(CCCF)C5C(C4[C@@H]3CC[C@@H]2C1)[C@@H]5C. The van der Waals surface area contributed by atoms with Gasteiger partial charge in [0.05, 0.1) is 6.67 Å².